The van der Waals surface area contributed by atoms with E-state index in [-0.39, 0.29) is 5.91 Å². The van der Waals surface area contributed by atoms with Gasteiger partial charge in [0.05, 0.1) is 29.5 Å². The Morgan fingerprint density at radius 1 is 0.846 bits per heavy atom. The topological polar surface area (TPSA) is 87.9 Å². The van der Waals surface area contributed by atoms with Gasteiger partial charge < -0.3 is 19.1 Å². The van der Waals surface area contributed by atoms with Gasteiger partial charge in [0, 0.05) is 51.3 Å². The third-order valence-electron chi connectivity index (χ3n) is 8.93. The fraction of sp³-hybridized carbons (Fsp3) is 0.233. The molecule has 5 aromatic rings. The van der Waals surface area contributed by atoms with E-state index in [1.807, 2.05) is 48.2 Å². The molecule has 4 aromatic carbocycles. The molecule has 0 radical (unpaired) electrons. The second-order valence-corrected chi connectivity index (χ2v) is 13.2. The Labute approximate surface area is 310 Å². The second-order valence-electron chi connectivity index (χ2n) is 12.8. The van der Waals surface area contributed by atoms with E-state index in [0.29, 0.717) is 54.3 Å². The summed E-state index contributed by atoms with van der Waals surface area (Å²) in [5.41, 5.74) is 7.06. The van der Waals surface area contributed by atoms with Crippen molar-refractivity contribution in [2.24, 2.45) is 0 Å². The summed E-state index contributed by atoms with van der Waals surface area (Å²) in [6.45, 7) is 8.88. The Balaban J connectivity index is 0.931. The van der Waals surface area contributed by atoms with E-state index in [9.17, 15) is 4.79 Å². The number of rotatable bonds is 13. The molecule has 1 aliphatic heterocycles. The van der Waals surface area contributed by atoms with E-state index in [4.69, 9.17) is 31.1 Å². The lowest BCUT2D eigenvalue weighted by atomic mass is 10.1. The molecular formula is C43H41ClN4O4. The van der Waals surface area contributed by atoms with Crippen LogP contribution in [0.2, 0.25) is 5.02 Å². The Kier molecular flexibility index (Phi) is 12.2. The van der Waals surface area contributed by atoms with Crippen LogP contribution in [0.4, 0.5) is 0 Å². The molecule has 0 spiro atoms. The van der Waals surface area contributed by atoms with Crippen LogP contribution in [0.1, 0.15) is 38.9 Å². The van der Waals surface area contributed by atoms with Crippen molar-refractivity contribution in [3.8, 4) is 29.2 Å². The smallest absolute Gasteiger partial charge is 0.246 e. The van der Waals surface area contributed by atoms with Gasteiger partial charge in [-0.2, -0.15) is 5.26 Å². The van der Waals surface area contributed by atoms with Crippen LogP contribution < -0.4 is 14.2 Å². The molecule has 0 saturated carbocycles. The number of aryl methyl sites for hydroxylation is 2. The number of piperazine rings is 1. The molecular weight excluding hydrogens is 672 g/mol. The molecule has 1 saturated heterocycles. The second kappa shape index (κ2) is 17.5. The number of carbonyl (C=O) groups excluding carboxylic acids is 1. The van der Waals surface area contributed by atoms with Crippen molar-refractivity contribution < 1.29 is 19.0 Å². The Hall–Kier alpha value is -5.62. The maximum atomic E-state index is 13.1. The summed E-state index contributed by atoms with van der Waals surface area (Å²) in [7, 11) is 0. The number of benzene rings is 4. The summed E-state index contributed by atoms with van der Waals surface area (Å²) in [6, 6.07) is 33.3. The number of nitrogens with zero attached hydrogens (tertiary/aromatic N) is 4. The average Bonchev–Trinajstić information content (AvgIpc) is 3.17. The van der Waals surface area contributed by atoms with E-state index < -0.39 is 0 Å². The van der Waals surface area contributed by atoms with Crippen LogP contribution in [0.25, 0.3) is 6.08 Å². The Morgan fingerprint density at radius 3 is 2.23 bits per heavy atom. The first-order valence-electron chi connectivity index (χ1n) is 17.3. The predicted molar refractivity (Wildman–Crippen MR) is 204 cm³/mol. The van der Waals surface area contributed by atoms with Crippen molar-refractivity contribution in [2.75, 3.05) is 32.8 Å². The molecule has 52 heavy (non-hydrogen) atoms. The molecule has 0 atom stereocenters. The van der Waals surface area contributed by atoms with Gasteiger partial charge in [-0.3, -0.25) is 9.69 Å². The molecule has 2 heterocycles. The molecule has 1 fully saturated rings. The fourth-order valence-corrected chi connectivity index (χ4v) is 5.99. The monoisotopic (exact) mass is 712 g/mol. The molecule has 264 valence electrons. The predicted octanol–water partition coefficient (Wildman–Crippen LogP) is 8.57. The fourth-order valence-electron chi connectivity index (χ4n) is 5.78. The number of carbonyl (C=O) groups is 1. The van der Waals surface area contributed by atoms with Gasteiger partial charge in [-0.1, -0.05) is 65.7 Å². The van der Waals surface area contributed by atoms with E-state index in [0.717, 1.165) is 48.5 Å². The standard InChI is InChI=1S/C43H41ClN4O4/c1-31-3-14-38(15-4-31)50-24-19-33-5-9-35(10-6-33)29-47-20-22-48(23-21-47)43(49)18-13-37-26-40(44)41(25-32(37)2)52-42-17-16-39(28-46-42)51-30-36-11-7-34(27-45)8-12-36/h3-18,25-26,28H,19-24,29-30H2,1-2H3. The van der Waals surface area contributed by atoms with Crippen LogP contribution >= 0.6 is 11.6 Å². The number of halogens is 1. The maximum Gasteiger partial charge on any atom is 0.246 e. The van der Waals surface area contributed by atoms with Gasteiger partial charge in [-0.05, 0) is 90.2 Å². The number of amides is 1. The van der Waals surface area contributed by atoms with Crippen molar-refractivity contribution in [3.63, 3.8) is 0 Å². The van der Waals surface area contributed by atoms with Crippen LogP contribution in [0.15, 0.2) is 109 Å². The highest BCUT2D eigenvalue weighted by Gasteiger charge is 2.20. The summed E-state index contributed by atoms with van der Waals surface area (Å²) >= 11 is 6.59. The van der Waals surface area contributed by atoms with Gasteiger partial charge in [0.25, 0.3) is 0 Å². The molecule has 6 rings (SSSR count). The summed E-state index contributed by atoms with van der Waals surface area (Å²) < 4.78 is 17.6. The third kappa shape index (κ3) is 10.2. The SMILES string of the molecule is Cc1ccc(OCCc2ccc(CN3CCN(C(=O)C=Cc4cc(Cl)c(Oc5ccc(OCc6ccc(C#N)cc6)cn5)cc4C)CC3)cc2)cc1. The van der Waals surface area contributed by atoms with Gasteiger partial charge in [0.15, 0.2) is 0 Å². The zero-order valence-corrected chi connectivity index (χ0v) is 30.2. The van der Waals surface area contributed by atoms with E-state index >= 15 is 0 Å². The van der Waals surface area contributed by atoms with Crippen LogP contribution in [-0.4, -0.2) is 53.5 Å². The molecule has 1 aliphatic rings. The lowest BCUT2D eigenvalue weighted by molar-refractivity contribution is -0.127. The summed E-state index contributed by atoms with van der Waals surface area (Å²) in [4.78, 5) is 21.7. The zero-order valence-electron chi connectivity index (χ0n) is 29.4. The van der Waals surface area contributed by atoms with Crippen molar-refractivity contribution in [3.05, 3.63) is 153 Å². The number of ether oxygens (including phenoxy) is 3. The maximum absolute atomic E-state index is 13.1. The Morgan fingerprint density at radius 2 is 1.54 bits per heavy atom. The molecule has 9 heteroatoms. The van der Waals surface area contributed by atoms with Crippen LogP contribution in [-0.2, 0) is 24.4 Å². The highest BCUT2D eigenvalue weighted by atomic mass is 35.5. The van der Waals surface area contributed by atoms with Gasteiger partial charge in [-0.15, -0.1) is 0 Å². The number of hydrogen-bond donors (Lipinski definition) is 0. The average molecular weight is 713 g/mol. The van der Waals surface area contributed by atoms with E-state index in [1.54, 1.807) is 42.6 Å². The van der Waals surface area contributed by atoms with Gasteiger partial charge in [-0.25, -0.2) is 4.98 Å². The first-order chi connectivity index (χ1) is 25.3. The lowest BCUT2D eigenvalue weighted by Crippen LogP contribution is -2.47. The van der Waals surface area contributed by atoms with Gasteiger partial charge >= 0.3 is 0 Å². The van der Waals surface area contributed by atoms with Crippen molar-refractivity contribution in [1.82, 2.24) is 14.8 Å². The quantitative estimate of drug-likeness (QED) is 0.113. The van der Waals surface area contributed by atoms with E-state index in [1.165, 1.54) is 16.7 Å². The van der Waals surface area contributed by atoms with Crippen LogP contribution in [0.3, 0.4) is 0 Å². The molecule has 1 amide bonds. The normalized spacial score (nSPS) is 13.2. The van der Waals surface area contributed by atoms with Crippen molar-refractivity contribution in [1.29, 1.82) is 5.26 Å². The first-order valence-corrected chi connectivity index (χ1v) is 17.7. The number of aromatic nitrogens is 1. The van der Waals surface area contributed by atoms with Crippen LogP contribution in [0, 0.1) is 25.2 Å². The molecule has 0 N–H and O–H groups in total. The number of hydrogen-bond acceptors (Lipinski definition) is 7. The van der Waals surface area contributed by atoms with Gasteiger partial charge in [0.1, 0.15) is 23.9 Å². The van der Waals surface area contributed by atoms with E-state index in [2.05, 4.69) is 59.3 Å². The number of pyridine rings is 1. The van der Waals surface area contributed by atoms with Crippen molar-refractivity contribution >= 4 is 23.6 Å². The summed E-state index contributed by atoms with van der Waals surface area (Å²) in [6.07, 6.45) is 5.88. The first kappa shape index (κ1) is 36.2. The molecule has 0 unspecified atom stereocenters. The zero-order chi connectivity index (χ0) is 36.3. The summed E-state index contributed by atoms with van der Waals surface area (Å²) in [5, 5.41) is 9.37. The Bertz CT molecular complexity index is 2020. The third-order valence-corrected chi connectivity index (χ3v) is 9.23. The molecule has 0 aliphatic carbocycles. The highest BCUT2D eigenvalue weighted by Crippen LogP contribution is 2.32. The molecule has 8 nitrogen and oxygen atoms in total. The lowest BCUT2D eigenvalue weighted by Gasteiger charge is -2.34. The largest absolute Gasteiger partial charge is 0.493 e. The molecule has 0 bridgehead atoms. The van der Waals surface area contributed by atoms with Crippen LogP contribution in [0.5, 0.6) is 23.1 Å². The highest BCUT2D eigenvalue weighted by molar-refractivity contribution is 6.32. The summed E-state index contributed by atoms with van der Waals surface area (Å²) in [5.74, 6) is 2.32. The van der Waals surface area contributed by atoms with Crippen molar-refractivity contribution in [2.45, 2.75) is 33.4 Å². The molecule has 1 aromatic heterocycles. The minimum atomic E-state index is -0.0154. The van der Waals surface area contributed by atoms with Gasteiger partial charge in [0.2, 0.25) is 11.8 Å². The number of nitriles is 1. The minimum Gasteiger partial charge on any atom is -0.493 e. The minimum absolute atomic E-state index is 0.0154.